The predicted molar refractivity (Wildman–Crippen MR) is 139 cm³/mol. The van der Waals surface area contributed by atoms with Crippen LogP contribution >= 0.6 is 0 Å². The summed E-state index contributed by atoms with van der Waals surface area (Å²) in [5, 5.41) is 5.57. The van der Waals surface area contributed by atoms with Crippen LogP contribution in [-0.4, -0.2) is 56.7 Å². The van der Waals surface area contributed by atoms with Crippen LogP contribution in [0.1, 0.15) is 42.1 Å². The monoisotopic (exact) mass is 504 g/mol. The average Bonchev–Trinajstić information content (AvgIpc) is 3.23. The summed E-state index contributed by atoms with van der Waals surface area (Å²) in [6, 6.07) is 12.3. The molecule has 3 heterocycles. The van der Waals surface area contributed by atoms with Gasteiger partial charge in [-0.2, -0.15) is 5.10 Å². The lowest BCUT2D eigenvalue weighted by Gasteiger charge is -2.36. The number of aromatic nitrogens is 4. The SMILES string of the molecule is Cc1nn(-c2ccc(F)cc2)c2nc(CCC(C)C)nc(N3CCN(C(=O)c4ccccc4F)CC3)c12. The quantitative estimate of drug-likeness (QED) is 0.372. The van der Waals surface area contributed by atoms with Gasteiger partial charge < -0.3 is 9.80 Å². The number of benzene rings is 2. The zero-order valence-electron chi connectivity index (χ0n) is 21.3. The Morgan fingerprint density at radius 2 is 1.68 bits per heavy atom. The first-order chi connectivity index (χ1) is 17.8. The molecule has 4 aromatic rings. The second kappa shape index (κ2) is 10.2. The Balaban J connectivity index is 1.48. The lowest BCUT2D eigenvalue weighted by Crippen LogP contribution is -2.49. The van der Waals surface area contributed by atoms with E-state index in [1.165, 1.54) is 24.3 Å². The molecule has 2 aromatic heterocycles. The fourth-order valence-corrected chi connectivity index (χ4v) is 4.65. The molecule has 37 heavy (non-hydrogen) atoms. The fourth-order valence-electron chi connectivity index (χ4n) is 4.65. The van der Waals surface area contributed by atoms with Crippen molar-refractivity contribution >= 4 is 22.8 Å². The minimum absolute atomic E-state index is 0.0905. The van der Waals surface area contributed by atoms with Gasteiger partial charge in [0.1, 0.15) is 23.3 Å². The molecule has 1 fully saturated rings. The van der Waals surface area contributed by atoms with Crippen LogP contribution in [0.2, 0.25) is 0 Å². The summed E-state index contributed by atoms with van der Waals surface area (Å²) in [4.78, 5) is 26.6. The lowest BCUT2D eigenvalue weighted by atomic mass is 10.1. The number of hydrogen-bond acceptors (Lipinski definition) is 5. The van der Waals surface area contributed by atoms with Crippen molar-refractivity contribution in [1.29, 1.82) is 0 Å². The molecule has 0 aliphatic carbocycles. The Labute approximate surface area is 214 Å². The van der Waals surface area contributed by atoms with Gasteiger partial charge in [0.25, 0.3) is 5.91 Å². The summed E-state index contributed by atoms with van der Waals surface area (Å²) in [5.74, 6) is 0.888. The van der Waals surface area contributed by atoms with Crippen LogP contribution < -0.4 is 4.90 Å². The van der Waals surface area contributed by atoms with Gasteiger partial charge in [-0.3, -0.25) is 4.79 Å². The van der Waals surface area contributed by atoms with Crippen molar-refractivity contribution in [1.82, 2.24) is 24.6 Å². The number of carbonyl (C=O) groups is 1. The number of anilines is 1. The Morgan fingerprint density at radius 1 is 0.973 bits per heavy atom. The van der Waals surface area contributed by atoms with Crippen LogP contribution in [0.5, 0.6) is 0 Å². The van der Waals surface area contributed by atoms with E-state index in [9.17, 15) is 13.6 Å². The summed E-state index contributed by atoms with van der Waals surface area (Å²) in [6.45, 7) is 8.25. The van der Waals surface area contributed by atoms with E-state index in [1.807, 2.05) is 6.92 Å². The number of piperazine rings is 1. The van der Waals surface area contributed by atoms with Crippen LogP contribution in [0, 0.1) is 24.5 Å². The molecule has 1 amide bonds. The molecule has 0 atom stereocenters. The second-order valence-electron chi connectivity index (χ2n) is 9.83. The number of halogens is 2. The third kappa shape index (κ3) is 5.03. The van der Waals surface area contributed by atoms with E-state index >= 15 is 0 Å². The first-order valence-electron chi connectivity index (χ1n) is 12.6. The van der Waals surface area contributed by atoms with Crippen LogP contribution in [0.25, 0.3) is 16.7 Å². The highest BCUT2D eigenvalue weighted by Crippen LogP contribution is 2.30. The van der Waals surface area contributed by atoms with Crippen molar-refractivity contribution in [2.45, 2.75) is 33.6 Å². The fraction of sp³-hybridized carbons (Fsp3) is 0.357. The first kappa shape index (κ1) is 24.8. The Morgan fingerprint density at radius 3 is 2.35 bits per heavy atom. The molecule has 1 aliphatic rings. The second-order valence-corrected chi connectivity index (χ2v) is 9.83. The molecule has 192 valence electrons. The maximum absolute atomic E-state index is 14.2. The minimum Gasteiger partial charge on any atom is -0.352 e. The molecule has 2 aromatic carbocycles. The molecule has 5 rings (SSSR count). The standard InChI is InChI=1S/C28H30F2N6O/c1-18(2)8-13-24-31-26(25-19(3)33-36(27(25)32-24)21-11-9-20(29)10-12-21)34-14-16-35(17-15-34)28(37)22-6-4-5-7-23(22)30/h4-7,9-12,18H,8,13-17H2,1-3H3. The summed E-state index contributed by atoms with van der Waals surface area (Å²) in [7, 11) is 0. The van der Waals surface area contributed by atoms with Gasteiger partial charge in [0.15, 0.2) is 5.65 Å². The van der Waals surface area contributed by atoms with E-state index in [0.29, 0.717) is 37.7 Å². The van der Waals surface area contributed by atoms with Gasteiger partial charge in [0, 0.05) is 32.6 Å². The van der Waals surface area contributed by atoms with Crippen molar-refractivity contribution in [3.63, 3.8) is 0 Å². The molecule has 0 unspecified atom stereocenters. The van der Waals surface area contributed by atoms with E-state index in [1.54, 1.807) is 33.8 Å². The molecule has 1 aliphatic heterocycles. The van der Waals surface area contributed by atoms with E-state index in [-0.39, 0.29) is 17.3 Å². The van der Waals surface area contributed by atoms with Crippen LogP contribution in [0.3, 0.4) is 0 Å². The van der Waals surface area contributed by atoms with Crippen LogP contribution in [0.15, 0.2) is 48.5 Å². The number of fused-ring (bicyclic) bond motifs is 1. The summed E-state index contributed by atoms with van der Waals surface area (Å²) < 4.78 is 29.5. The van der Waals surface area contributed by atoms with Crippen LogP contribution in [-0.2, 0) is 6.42 Å². The maximum Gasteiger partial charge on any atom is 0.256 e. The first-order valence-corrected chi connectivity index (χ1v) is 12.6. The van der Waals surface area contributed by atoms with Gasteiger partial charge in [0.05, 0.1) is 22.3 Å². The Kier molecular flexibility index (Phi) is 6.86. The highest BCUT2D eigenvalue weighted by Gasteiger charge is 2.27. The van der Waals surface area contributed by atoms with Gasteiger partial charge in [-0.15, -0.1) is 0 Å². The maximum atomic E-state index is 14.2. The van der Waals surface area contributed by atoms with Gasteiger partial charge in [-0.1, -0.05) is 26.0 Å². The highest BCUT2D eigenvalue weighted by atomic mass is 19.1. The third-order valence-electron chi connectivity index (χ3n) is 6.72. The molecule has 0 spiro atoms. The summed E-state index contributed by atoms with van der Waals surface area (Å²) in [5.41, 5.74) is 2.26. The molecule has 7 nitrogen and oxygen atoms in total. The minimum atomic E-state index is -0.508. The van der Waals surface area contributed by atoms with Crippen molar-refractivity contribution in [3.8, 4) is 5.69 Å². The summed E-state index contributed by atoms with van der Waals surface area (Å²) in [6.07, 6.45) is 1.67. The number of nitrogens with zero attached hydrogens (tertiary/aromatic N) is 6. The zero-order valence-corrected chi connectivity index (χ0v) is 21.3. The van der Waals surface area contributed by atoms with Gasteiger partial charge in [-0.05, 0) is 55.7 Å². The number of rotatable bonds is 6. The predicted octanol–water partition coefficient (Wildman–Crippen LogP) is 4.95. The molecule has 0 N–H and O–H groups in total. The smallest absolute Gasteiger partial charge is 0.256 e. The third-order valence-corrected chi connectivity index (χ3v) is 6.72. The highest BCUT2D eigenvalue weighted by molar-refractivity contribution is 5.95. The molecule has 9 heteroatoms. The number of amides is 1. The molecular weight excluding hydrogens is 474 g/mol. The molecule has 0 radical (unpaired) electrons. The van der Waals surface area contributed by atoms with E-state index in [0.717, 1.165) is 41.3 Å². The van der Waals surface area contributed by atoms with Crippen molar-refractivity contribution in [2.24, 2.45) is 5.92 Å². The van der Waals surface area contributed by atoms with Crippen molar-refractivity contribution < 1.29 is 13.6 Å². The van der Waals surface area contributed by atoms with Gasteiger partial charge in [-0.25, -0.2) is 23.4 Å². The van der Waals surface area contributed by atoms with Crippen molar-refractivity contribution in [2.75, 3.05) is 31.1 Å². The Hall–Kier alpha value is -3.88. The topological polar surface area (TPSA) is 67.2 Å². The molecule has 0 bridgehead atoms. The number of hydrogen-bond donors (Lipinski definition) is 0. The van der Waals surface area contributed by atoms with Gasteiger partial charge >= 0.3 is 0 Å². The summed E-state index contributed by atoms with van der Waals surface area (Å²) >= 11 is 0. The number of carbonyl (C=O) groups excluding carboxylic acids is 1. The zero-order chi connectivity index (χ0) is 26.1. The normalized spacial score (nSPS) is 14.1. The lowest BCUT2D eigenvalue weighted by molar-refractivity contribution is 0.0742. The van der Waals surface area contributed by atoms with Gasteiger partial charge in [0.2, 0.25) is 0 Å². The Bertz CT molecular complexity index is 1420. The van der Waals surface area contributed by atoms with E-state index < -0.39 is 5.82 Å². The van der Waals surface area contributed by atoms with E-state index in [4.69, 9.17) is 15.1 Å². The largest absolute Gasteiger partial charge is 0.352 e. The molecule has 1 saturated heterocycles. The van der Waals surface area contributed by atoms with Crippen LogP contribution in [0.4, 0.5) is 14.6 Å². The average molecular weight is 505 g/mol. The van der Waals surface area contributed by atoms with E-state index in [2.05, 4.69) is 18.7 Å². The van der Waals surface area contributed by atoms with Crippen molar-refractivity contribution in [3.05, 3.63) is 77.2 Å². The number of aryl methyl sites for hydroxylation is 2. The molecular formula is C28H30F2N6O. The molecule has 0 saturated carbocycles.